The van der Waals surface area contributed by atoms with E-state index in [0.29, 0.717) is 10.6 Å². The fourth-order valence-corrected chi connectivity index (χ4v) is 3.36. The van der Waals surface area contributed by atoms with Crippen LogP contribution in [0.2, 0.25) is 5.02 Å². The van der Waals surface area contributed by atoms with Gasteiger partial charge >= 0.3 is 0 Å². The molecular weight excluding hydrogens is 340 g/mol. The number of nitriles is 1. The van der Waals surface area contributed by atoms with Crippen LogP contribution in [0.5, 0.6) is 0 Å². The van der Waals surface area contributed by atoms with E-state index in [1.165, 1.54) is 5.56 Å². The van der Waals surface area contributed by atoms with Crippen molar-refractivity contribution in [3.8, 4) is 11.8 Å². The lowest BCUT2D eigenvalue weighted by Gasteiger charge is -2.13. The third-order valence-electron chi connectivity index (χ3n) is 4.67. The van der Waals surface area contributed by atoms with Gasteiger partial charge in [0.2, 0.25) is 0 Å². The summed E-state index contributed by atoms with van der Waals surface area (Å²) in [6, 6.07) is 18.4. The zero-order valence-corrected chi connectivity index (χ0v) is 16.2. The maximum atomic E-state index is 9.63. The normalized spacial score (nSPS) is 11.5. The number of benzene rings is 2. The Balaban J connectivity index is 2.12. The molecule has 0 aliphatic rings. The van der Waals surface area contributed by atoms with E-state index >= 15 is 0 Å². The summed E-state index contributed by atoms with van der Waals surface area (Å²) in [5, 5.41) is 10.3. The number of allylic oxidation sites excluding steroid dienone is 1. The van der Waals surface area contributed by atoms with E-state index in [2.05, 4.69) is 37.5 Å². The molecule has 3 heteroatoms. The van der Waals surface area contributed by atoms with Gasteiger partial charge in [-0.05, 0) is 68.7 Å². The Kier molecular flexibility index (Phi) is 5.02. The molecule has 0 saturated carbocycles. The van der Waals surface area contributed by atoms with Crippen molar-refractivity contribution in [1.29, 1.82) is 5.26 Å². The third kappa shape index (κ3) is 3.45. The minimum absolute atomic E-state index is 0.660. The number of hydrogen-bond acceptors (Lipinski definition) is 1. The standard InChI is InChI=1S/C23H21ClN2/c1-15-5-8-19(9-6-15)21(14-25)12-20-11-17(3)26(18(20)4)23-13-22(24)10-7-16(23)2/h5-13H,1-4H3/b21-12-. The molecule has 2 nitrogen and oxygen atoms in total. The second kappa shape index (κ2) is 7.23. The van der Waals surface area contributed by atoms with Crippen molar-refractivity contribution in [2.24, 2.45) is 0 Å². The molecule has 0 fully saturated rings. The minimum Gasteiger partial charge on any atom is -0.318 e. The third-order valence-corrected chi connectivity index (χ3v) is 4.90. The van der Waals surface area contributed by atoms with Crippen LogP contribution in [0.1, 0.15) is 33.6 Å². The molecule has 3 aromatic rings. The van der Waals surface area contributed by atoms with Crippen LogP contribution in [-0.2, 0) is 0 Å². The number of aromatic nitrogens is 1. The molecule has 0 N–H and O–H groups in total. The monoisotopic (exact) mass is 360 g/mol. The molecule has 1 heterocycles. The highest BCUT2D eigenvalue weighted by Crippen LogP contribution is 2.28. The van der Waals surface area contributed by atoms with Gasteiger partial charge in [0.1, 0.15) is 0 Å². The predicted octanol–water partition coefficient (Wildman–Crippen LogP) is 6.43. The summed E-state index contributed by atoms with van der Waals surface area (Å²) in [5.74, 6) is 0. The zero-order chi connectivity index (χ0) is 18.8. The number of hydrogen-bond donors (Lipinski definition) is 0. The summed E-state index contributed by atoms with van der Waals surface area (Å²) >= 11 is 6.21. The Hall–Kier alpha value is -2.76. The van der Waals surface area contributed by atoms with Crippen molar-refractivity contribution in [1.82, 2.24) is 4.57 Å². The van der Waals surface area contributed by atoms with Crippen molar-refractivity contribution in [3.05, 3.63) is 87.2 Å². The first kappa shape index (κ1) is 18.0. The first-order valence-corrected chi connectivity index (χ1v) is 8.93. The van der Waals surface area contributed by atoms with Gasteiger partial charge in [0, 0.05) is 22.1 Å². The van der Waals surface area contributed by atoms with Gasteiger partial charge in [-0.1, -0.05) is 47.5 Å². The average Bonchev–Trinajstić information content (AvgIpc) is 2.89. The average molecular weight is 361 g/mol. The quantitative estimate of drug-likeness (QED) is 0.495. The van der Waals surface area contributed by atoms with Crippen LogP contribution in [0, 0.1) is 39.0 Å². The van der Waals surface area contributed by atoms with E-state index in [-0.39, 0.29) is 0 Å². The van der Waals surface area contributed by atoms with Crippen LogP contribution in [-0.4, -0.2) is 4.57 Å². The van der Waals surface area contributed by atoms with Gasteiger partial charge < -0.3 is 4.57 Å². The Labute approximate surface area is 160 Å². The lowest BCUT2D eigenvalue weighted by atomic mass is 10.0. The molecule has 0 bridgehead atoms. The SMILES string of the molecule is Cc1ccc(/C(C#N)=C\c2cc(C)n(-c3cc(Cl)ccc3C)c2C)cc1. The Morgan fingerprint density at radius 1 is 1.00 bits per heavy atom. The Bertz CT molecular complexity index is 1030. The first-order valence-electron chi connectivity index (χ1n) is 8.55. The van der Waals surface area contributed by atoms with Gasteiger partial charge in [0.05, 0.1) is 11.6 Å². The number of nitrogens with zero attached hydrogens (tertiary/aromatic N) is 2. The zero-order valence-electron chi connectivity index (χ0n) is 15.5. The van der Waals surface area contributed by atoms with Crippen molar-refractivity contribution < 1.29 is 0 Å². The molecule has 0 radical (unpaired) electrons. The molecule has 0 unspecified atom stereocenters. The highest BCUT2D eigenvalue weighted by Gasteiger charge is 2.13. The van der Waals surface area contributed by atoms with Crippen LogP contribution < -0.4 is 0 Å². The van der Waals surface area contributed by atoms with Crippen LogP contribution in [0.4, 0.5) is 0 Å². The lowest BCUT2D eigenvalue weighted by molar-refractivity contribution is 0.954. The summed E-state index contributed by atoms with van der Waals surface area (Å²) in [5.41, 5.74) is 8.24. The molecular formula is C23H21ClN2. The van der Waals surface area contributed by atoms with Gasteiger partial charge in [0.15, 0.2) is 0 Å². The van der Waals surface area contributed by atoms with E-state index in [0.717, 1.165) is 33.8 Å². The minimum atomic E-state index is 0.660. The predicted molar refractivity (Wildman–Crippen MR) is 110 cm³/mol. The molecule has 0 spiro atoms. The molecule has 0 aliphatic carbocycles. The molecule has 130 valence electrons. The number of aryl methyl sites for hydroxylation is 3. The largest absolute Gasteiger partial charge is 0.318 e. The van der Waals surface area contributed by atoms with Crippen molar-refractivity contribution in [2.75, 3.05) is 0 Å². The number of halogens is 1. The molecule has 3 rings (SSSR count). The fourth-order valence-electron chi connectivity index (χ4n) is 3.20. The first-order chi connectivity index (χ1) is 12.4. The Morgan fingerprint density at radius 3 is 2.35 bits per heavy atom. The molecule has 0 amide bonds. The molecule has 2 aromatic carbocycles. The van der Waals surface area contributed by atoms with Gasteiger partial charge in [-0.15, -0.1) is 0 Å². The van der Waals surface area contributed by atoms with Crippen LogP contribution >= 0.6 is 11.6 Å². The summed E-state index contributed by atoms with van der Waals surface area (Å²) in [6.45, 7) is 8.26. The fraction of sp³-hybridized carbons (Fsp3) is 0.174. The second-order valence-electron chi connectivity index (χ2n) is 6.63. The summed E-state index contributed by atoms with van der Waals surface area (Å²) in [7, 11) is 0. The van der Waals surface area contributed by atoms with Gasteiger partial charge in [-0.2, -0.15) is 5.26 Å². The van der Waals surface area contributed by atoms with E-state index in [1.54, 1.807) is 0 Å². The highest BCUT2D eigenvalue weighted by molar-refractivity contribution is 6.30. The van der Waals surface area contributed by atoms with Crippen molar-refractivity contribution in [2.45, 2.75) is 27.7 Å². The molecule has 0 aliphatic heterocycles. The topological polar surface area (TPSA) is 28.7 Å². The van der Waals surface area contributed by atoms with Gasteiger partial charge in [-0.25, -0.2) is 0 Å². The van der Waals surface area contributed by atoms with E-state index in [1.807, 2.05) is 55.5 Å². The van der Waals surface area contributed by atoms with Crippen LogP contribution in [0.3, 0.4) is 0 Å². The highest BCUT2D eigenvalue weighted by atomic mass is 35.5. The lowest BCUT2D eigenvalue weighted by Crippen LogP contribution is -2.01. The molecule has 0 atom stereocenters. The Morgan fingerprint density at radius 2 is 1.69 bits per heavy atom. The maximum absolute atomic E-state index is 9.63. The van der Waals surface area contributed by atoms with Gasteiger partial charge in [0.25, 0.3) is 0 Å². The maximum Gasteiger partial charge on any atom is 0.0998 e. The van der Waals surface area contributed by atoms with Gasteiger partial charge in [-0.3, -0.25) is 0 Å². The van der Waals surface area contributed by atoms with E-state index in [9.17, 15) is 5.26 Å². The number of rotatable bonds is 3. The molecule has 1 aromatic heterocycles. The molecule has 0 saturated heterocycles. The van der Waals surface area contributed by atoms with Crippen LogP contribution in [0.15, 0.2) is 48.5 Å². The smallest absolute Gasteiger partial charge is 0.0998 e. The van der Waals surface area contributed by atoms with Crippen molar-refractivity contribution in [3.63, 3.8) is 0 Å². The van der Waals surface area contributed by atoms with Crippen LogP contribution in [0.25, 0.3) is 17.3 Å². The summed E-state index contributed by atoms with van der Waals surface area (Å²) in [4.78, 5) is 0. The van der Waals surface area contributed by atoms with E-state index < -0.39 is 0 Å². The summed E-state index contributed by atoms with van der Waals surface area (Å²) < 4.78 is 2.19. The van der Waals surface area contributed by atoms with Crippen molar-refractivity contribution >= 4 is 23.3 Å². The molecule has 26 heavy (non-hydrogen) atoms. The second-order valence-corrected chi connectivity index (χ2v) is 7.06. The van der Waals surface area contributed by atoms with E-state index in [4.69, 9.17) is 11.6 Å². The summed E-state index contributed by atoms with van der Waals surface area (Å²) in [6.07, 6.45) is 1.96.